The third-order valence-electron chi connectivity index (χ3n) is 5.69. The molecule has 2 atom stereocenters. The van der Waals surface area contributed by atoms with Gasteiger partial charge < -0.3 is 9.80 Å². The second kappa shape index (κ2) is 6.94. The third kappa shape index (κ3) is 2.90. The fraction of sp³-hybridized carbons (Fsp3) is 0.364. The molecule has 2 aromatic rings. The van der Waals surface area contributed by atoms with Crippen LogP contribution in [0.3, 0.4) is 0 Å². The van der Waals surface area contributed by atoms with Crippen molar-refractivity contribution in [1.29, 1.82) is 0 Å². The summed E-state index contributed by atoms with van der Waals surface area (Å²) in [6.07, 6.45) is 2.02. The summed E-state index contributed by atoms with van der Waals surface area (Å²) in [5.41, 5.74) is 1.94. The second-order valence-corrected chi connectivity index (χ2v) is 7.25. The van der Waals surface area contributed by atoms with E-state index in [-0.39, 0.29) is 23.8 Å². The van der Waals surface area contributed by atoms with Crippen LogP contribution in [0.1, 0.15) is 36.8 Å². The van der Waals surface area contributed by atoms with Crippen molar-refractivity contribution in [3.8, 4) is 0 Å². The Kier molecular flexibility index (Phi) is 4.49. The lowest BCUT2D eigenvalue weighted by Gasteiger charge is -2.42. The summed E-state index contributed by atoms with van der Waals surface area (Å²) in [7, 11) is 0. The van der Waals surface area contributed by atoms with Gasteiger partial charge in [0.15, 0.2) is 0 Å². The lowest BCUT2D eigenvalue weighted by Crippen LogP contribution is -2.60. The van der Waals surface area contributed by atoms with Crippen LogP contribution in [0.2, 0.25) is 0 Å². The first kappa shape index (κ1) is 16.8. The van der Waals surface area contributed by atoms with Crippen molar-refractivity contribution >= 4 is 11.8 Å². The zero-order chi connectivity index (χ0) is 18.1. The van der Waals surface area contributed by atoms with E-state index in [1.54, 1.807) is 4.90 Å². The molecule has 0 radical (unpaired) electrons. The first-order valence-electron chi connectivity index (χ1n) is 9.37. The van der Waals surface area contributed by atoms with E-state index in [9.17, 15) is 9.59 Å². The van der Waals surface area contributed by atoms with Gasteiger partial charge >= 0.3 is 0 Å². The van der Waals surface area contributed by atoms with Crippen LogP contribution in [0.25, 0.3) is 0 Å². The highest BCUT2D eigenvalue weighted by Gasteiger charge is 2.43. The van der Waals surface area contributed by atoms with Gasteiger partial charge in [0.2, 0.25) is 11.8 Å². The number of rotatable bonds is 3. The number of hydrogen-bond donors (Lipinski definition) is 0. The van der Waals surface area contributed by atoms with Crippen LogP contribution in [0.5, 0.6) is 0 Å². The number of hydrogen-bond acceptors (Lipinski definition) is 2. The quantitative estimate of drug-likeness (QED) is 0.855. The minimum atomic E-state index is -0.397. The van der Waals surface area contributed by atoms with Crippen molar-refractivity contribution in [2.45, 2.75) is 37.8 Å². The van der Waals surface area contributed by atoms with Crippen LogP contribution in [-0.2, 0) is 9.59 Å². The van der Waals surface area contributed by atoms with Crippen LogP contribution in [0.15, 0.2) is 60.7 Å². The molecular weight excluding hydrogens is 324 g/mol. The topological polar surface area (TPSA) is 40.6 Å². The fourth-order valence-corrected chi connectivity index (χ4v) is 4.29. The van der Waals surface area contributed by atoms with Gasteiger partial charge in [-0.25, -0.2) is 0 Å². The molecule has 2 amide bonds. The van der Waals surface area contributed by atoms with Gasteiger partial charge in [0.1, 0.15) is 6.04 Å². The number of carbonyl (C=O) groups is 2. The van der Waals surface area contributed by atoms with Gasteiger partial charge in [0.05, 0.1) is 5.92 Å². The number of benzene rings is 2. The Hall–Kier alpha value is -2.62. The smallest absolute Gasteiger partial charge is 0.245 e. The van der Waals surface area contributed by atoms with Gasteiger partial charge in [0, 0.05) is 19.1 Å². The highest BCUT2D eigenvalue weighted by molar-refractivity contribution is 5.93. The number of fused-ring (bicyclic) bond motifs is 1. The van der Waals surface area contributed by atoms with Gasteiger partial charge in [-0.1, -0.05) is 60.7 Å². The average Bonchev–Trinajstić information content (AvgIpc) is 3.15. The SMILES string of the molecule is C[C@@H]1C(=O)N2CCC[C@@H]2CN1C(=O)C(c1ccccc1)c1ccccc1. The maximum atomic E-state index is 13.6. The zero-order valence-corrected chi connectivity index (χ0v) is 15.0. The van der Waals surface area contributed by atoms with E-state index in [0.717, 1.165) is 30.5 Å². The Morgan fingerprint density at radius 2 is 1.58 bits per heavy atom. The first-order valence-corrected chi connectivity index (χ1v) is 9.37. The van der Waals surface area contributed by atoms with Crippen molar-refractivity contribution in [3.05, 3.63) is 71.8 Å². The van der Waals surface area contributed by atoms with E-state index in [1.807, 2.05) is 72.5 Å². The predicted molar refractivity (Wildman–Crippen MR) is 101 cm³/mol. The molecule has 2 fully saturated rings. The molecule has 4 nitrogen and oxygen atoms in total. The molecule has 0 saturated carbocycles. The number of piperazine rings is 1. The molecule has 2 aliphatic rings. The molecule has 2 saturated heterocycles. The van der Waals surface area contributed by atoms with Crippen LogP contribution in [-0.4, -0.2) is 46.8 Å². The maximum Gasteiger partial charge on any atom is 0.245 e. The van der Waals surface area contributed by atoms with E-state index in [4.69, 9.17) is 0 Å². The standard InChI is InChI=1S/C22H24N2O2/c1-16-21(25)23-14-8-13-19(23)15-24(16)22(26)20(17-9-4-2-5-10-17)18-11-6-3-7-12-18/h2-7,9-12,16,19-20H,8,13-15H2,1H3/t16-,19-/m1/s1. The van der Waals surface area contributed by atoms with Crippen LogP contribution >= 0.6 is 0 Å². The molecule has 2 heterocycles. The van der Waals surface area contributed by atoms with Crippen LogP contribution in [0, 0.1) is 0 Å². The zero-order valence-electron chi connectivity index (χ0n) is 15.0. The lowest BCUT2D eigenvalue weighted by molar-refractivity contribution is -0.152. The van der Waals surface area contributed by atoms with E-state index in [0.29, 0.717) is 6.54 Å². The van der Waals surface area contributed by atoms with Crippen molar-refractivity contribution in [2.75, 3.05) is 13.1 Å². The molecule has 2 aliphatic heterocycles. The molecule has 4 rings (SSSR count). The van der Waals surface area contributed by atoms with E-state index in [2.05, 4.69) is 0 Å². The number of nitrogens with zero attached hydrogens (tertiary/aromatic N) is 2. The normalized spacial score (nSPS) is 22.6. The summed E-state index contributed by atoms with van der Waals surface area (Å²) < 4.78 is 0. The van der Waals surface area contributed by atoms with Crippen molar-refractivity contribution in [2.24, 2.45) is 0 Å². The molecule has 0 unspecified atom stereocenters. The molecule has 0 N–H and O–H groups in total. The van der Waals surface area contributed by atoms with Crippen molar-refractivity contribution in [3.63, 3.8) is 0 Å². The van der Waals surface area contributed by atoms with E-state index >= 15 is 0 Å². The summed E-state index contributed by atoms with van der Waals surface area (Å²) in [5, 5.41) is 0. The van der Waals surface area contributed by atoms with Crippen LogP contribution < -0.4 is 0 Å². The minimum Gasteiger partial charge on any atom is -0.336 e. The third-order valence-corrected chi connectivity index (χ3v) is 5.69. The summed E-state index contributed by atoms with van der Waals surface area (Å²) in [5.74, 6) is -0.262. The minimum absolute atomic E-state index is 0.0230. The Labute approximate surface area is 154 Å². The van der Waals surface area contributed by atoms with Crippen molar-refractivity contribution in [1.82, 2.24) is 9.80 Å². The average molecular weight is 348 g/mol. The fourth-order valence-electron chi connectivity index (χ4n) is 4.29. The number of amides is 2. The summed E-state index contributed by atoms with van der Waals surface area (Å²) in [4.78, 5) is 30.1. The molecule has 4 heteroatoms. The van der Waals surface area contributed by atoms with Gasteiger partial charge in [0.25, 0.3) is 0 Å². The second-order valence-electron chi connectivity index (χ2n) is 7.25. The summed E-state index contributed by atoms with van der Waals surface area (Å²) in [6.45, 7) is 3.33. The summed E-state index contributed by atoms with van der Waals surface area (Å²) >= 11 is 0. The largest absolute Gasteiger partial charge is 0.336 e. The molecule has 134 valence electrons. The van der Waals surface area contributed by atoms with Gasteiger partial charge in [-0.3, -0.25) is 9.59 Å². The molecule has 0 aliphatic carbocycles. The summed E-state index contributed by atoms with van der Waals surface area (Å²) in [6, 6.07) is 19.5. The molecule has 26 heavy (non-hydrogen) atoms. The van der Waals surface area contributed by atoms with Crippen LogP contribution in [0.4, 0.5) is 0 Å². The molecule has 0 spiro atoms. The Bertz CT molecular complexity index is 751. The lowest BCUT2D eigenvalue weighted by atomic mass is 9.89. The monoisotopic (exact) mass is 348 g/mol. The predicted octanol–water partition coefficient (Wildman–Crippen LogP) is 3.04. The molecule has 0 aromatic heterocycles. The molecule has 2 aromatic carbocycles. The van der Waals surface area contributed by atoms with Gasteiger partial charge in [-0.15, -0.1) is 0 Å². The van der Waals surface area contributed by atoms with Gasteiger partial charge in [-0.05, 0) is 30.9 Å². The van der Waals surface area contributed by atoms with Crippen molar-refractivity contribution < 1.29 is 9.59 Å². The first-order chi connectivity index (χ1) is 12.7. The Balaban J connectivity index is 1.69. The molecule has 0 bridgehead atoms. The van der Waals surface area contributed by atoms with E-state index in [1.165, 1.54) is 0 Å². The van der Waals surface area contributed by atoms with E-state index < -0.39 is 6.04 Å². The maximum absolute atomic E-state index is 13.6. The van der Waals surface area contributed by atoms with Gasteiger partial charge in [-0.2, -0.15) is 0 Å². The Morgan fingerprint density at radius 3 is 2.15 bits per heavy atom. The molecular formula is C22H24N2O2. The highest BCUT2D eigenvalue weighted by Crippen LogP contribution is 2.31. The number of carbonyl (C=O) groups excluding carboxylic acids is 2. The highest BCUT2D eigenvalue weighted by atomic mass is 16.2. The Morgan fingerprint density at radius 1 is 1.00 bits per heavy atom.